The Bertz CT molecular complexity index is 1250. The Balaban J connectivity index is 1.59. The summed E-state index contributed by atoms with van der Waals surface area (Å²) in [7, 11) is 0. The smallest absolute Gasteiger partial charge is 0.464 e. The molecule has 4 unspecified atom stereocenters. The third-order valence-electron chi connectivity index (χ3n) is 7.20. The molecule has 38 heavy (non-hydrogen) atoms. The summed E-state index contributed by atoms with van der Waals surface area (Å²) >= 11 is 12.1. The number of ether oxygens (including phenoxy) is 1. The van der Waals surface area contributed by atoms with Gasteiger partial charge in [-0.1, -0.05) is 47.5 Å². The first kappa shape index (κ1) is 28.1. The van der Waals surface area contributed by atoms with Gasteiger partial charge in [0.1, 0.15) is 11.9 Å². The number of esters is 1. The molecular weight excluding hydrogens is 551 g/mol. The number of hydrogen-bond donors (Lipinski definition) is 0. The highest BCUT2D eigenvalue weighted by molar-refractivity contribution is 6.31. The number of rotatable bonds is 6. The Labute approximate surface area is 226 Å². The Morgan fingerprint density at radius 2 is 1.82 bits per heavy atom. The van der Waals surface area contributed by atoms with Crippen LogP contribution in [0.15, 0.2) is 42.5 Å². The molecule has 0 amide bonds. The number of alkyl halides is 3. The summed E-state index contributed by atoms with van der Waals surface area (Å²) in [6.45, 7) is -0.320. The van der Waals surface area contributed by atoms with Crippen LogP contribution in [0.25, 0.3) is 0 Å². The van der Waals surface area contributed by atoms with E-state index in [1.807, 2.05) is 0 Å². The van der Waals surface area contributed by atoms with Gasteiger partial charge >= 0.3 is 18.1 Å². The van der Waals surface area contributed by atoms with E-state index in [0.29, 0.717) is 34.9 Å². The van der Waals surface area contributed by atoms with Crippen molar-refractivity contribution in [3.63, 3.8) is 0 Å². The summed E-state index contributed by atoms with van der Waals surface area (Å²) < 4.78 is 58.5. The number of benzene rings is 2. The van der Waals surface area contributed by atoms with Gasteiger partial charge in [0, 0.05) is 23.4 Å². The second kappa shape index (κ2) is 11.1. The van der Waals surface area contributed by atoms with Crippen LogP contribution in [0.5, 0.6) is 0 Å². The van der Waals surface area contributed by atoms with Crippen molar-refractivity contribution in [1.82, 2.24) is 5.06 Å². The molecule has 2 aromatic rings. The van der Waals surface area contributed by atoms with Gasteiger partial charge in [-0.15, -0.1) is 5.06 Å². The molecule has 1 saturated carbocycles. The first-order chi connectivity index (χ1) is 18.0. The number of hydroxylamine groups is 2. The first-order valence-electron chi connectivity index (χ1n) is 11.8. The summed E-state index contributed by atoms with van der Waals surface area (Å²) in [6, 6.07) is 12.2. The summed E-state index contributed by atoms with van der Waals surface area (Å²) in [5.74, 6) is -5.16. The Morgan fingerprint density at radius 3 is 2.47 bits per heavy atom. The molecule has 2 aliphatic rings. The zero-order valence-electron chi connectivity index (χ0n) is 19.8. The van der Waals surface area contributed by atoms with Gasteiger partial charge in [-0.2, -0.15) is 18.4 Å². The second-order valence-electron chi connectivity index (χ2n) is 9.26. The standard InChI is InChI=1S/C26H22Cl2F4N2O4/c27-17-9-6-15(7-10-17)25(14-33)16(8-11-19(25)18-3-1-4-20(28)22(18)29)13-37-23(35)21-5-2-12-34(21)38-24(36)26(30,31)32/h1,3-4,6-7,9-10,16,19,21H,2,5,8,11-13H2. The van der Waals surface area contributed by atoms with E-state index in [-0.39, 0.29) is 30.2 Å². The molecule has 2 aromatic carbocycles. The summed E-state index contributed by atoms with van der Waals surface area (Å²) in [4.78, 5) is 28.5. The minimum Gasteiger partial charge on any atom is -0.464 e. The summed E-state index contributed by atoms with van der Waals surface area (Å²) in [6.07, 6.45) is -3.99. The van der Waals surface area contributed by atoms with Crippen molar-refractivity contribution in [1.29, 1.82) is 5.26 Å². The molecule has 0 radical (unpaired) electrons. The van der Waals surface area contributed by atoms with Gasteiger partial charge in [-0.05, 0) is 55.0 Å². The molecule has 0 bridgehead atoms. The highest BCUT2D eigenvalue weighted by Gasteiger charge is 2.54. The van der Waals surface area contributed by atoms with Crippen molar-refractivity contribution in [3.8, 4) is 6.07 Å². The highest BCUT2D eigenvalue weighted by atomic mass is 35.5. The molecule has 6 nitrogen and oxygen atoms in total. The van der Waals surface area contributed by atoms with Crippen LogP contribution in [0.2, 0.25) is 10.0 Å². The van der Waals surface area contributed by atoms with Crippen molar-refractivity contribution in [2.45, 2.75) is 49.2 Å². The minimum atomic E-state index is -5.21. The lowest BCUT2D eigenvalue weighted by atomic mass is 9.66. The lowest BCUT2D eigenvalue weighted by Crippen LogP contribution is -2.43. The zero-order valence-corrected chi connectivity index (χ0v) is 21.3. The Morgan fingerprint density at radius 1 is 1.11 bits per heavy atom. The number of carbonyl (C=O) groups excluding carboxylic acids is 2. The van der Waals surface area contributed by atoms with Crippen molar-refractivity contribution in [2.24, 2.45) is 5.92 Å². The van der Waals surface area contributed by atoms with Crippen LogP contribution in [0, 0.1) is 23.1 Å². The van der Waals surface area contributed by atoms with Gasteiger partial charge in [0.2, 0.25) is 0 Å². The van der Waals surface area contributed by atoms with Crippen LogP contribution in [-0.2, 0) is 24.6 Å². The van der Waals surface area contributed by atoms with Crippen LogP contribution in [-0.4, -0.2) is 42.4 Å². The van der Waals surface area contributed by atoms with E-state index in [9.17, 15) is 28.0 Å². The Kier molecular flexibility index (Phi) is 8.21. The van der Waals surface area contributed by atoms with E-state index in [2.05, 4.69) is 10.9 Å². The van der Waals surface area contributed by atoms with Gasteiger partial charge in [-0.25, -0.2) is 9.18 Å². The van der Waals surface area contributed by atoms with Crippen molar-refractivity contribution >= 4 is 35.1 Å². The number of nitriles is 1. The van der Waals surface area contributed by atoms with Crippen LogP contribution in [0.3, 0.4) is 0 Å². The van der Waals surface area contributed by atoms with E-state index in [1.54, 1.807) is 36.4 Å². The number of halogens is 6. The van der Waals surface area contributed by atoms with Crippen molar-refractivity contribution in [2.75, 3.05) is 13.2 Å². The van der Waals surface area contributed by atoms with Crippen LogP contribution >= 0.6 is 23.2 Å². The fourth-order valence-corrected chi connectivity index (χ4v) is 5.74. The van der Waals surface area contributed by atoms with Crippen molar-refractivity contribution in [3.05, 3.63) is 69.5 Å². The SMILES string of the molecule is N#CC1(c2ccc(Cl)cc2)C(COC(=O)C2CCCN2OC(=O)C(F)(F)F)CCC1c1cccc(Cl)c1F. The fourth-order valence-electron chi connectivity index (χ4n) is 5.43. The molecule has 2 fully saturated rings. The van der Waals surface area contributed by atoms with Crippen molar-refractivity contribution < 1.29 is 36.7 Å². The molecule has 0 spiro atoms. The van der Waals surface area contributed by atoms with Crippen LogP contribution in [0.1, 0.15) is 42.7 Å². The third kappa shape index (κ3) is 5.33. The molecule has 1 heterocycles. The van der Waals surface area contributed by atoms with Gasteiger partial charge < -0.3 is 9.57 Å². The van der Waals surface area contributed by atoms with Crippen LogP contribution < -0.4 is 0 Å². The molecule has 0 N–H and O–H groups in total. The molecule has 12 heteroatoms. The topological polar surface area (TPSA) is 79.6 Å². The monoisotopic (exact) mass is 572 g/mol. The first-order valence-corrected chi connectivity index (χ1v) is 12.6. The summed E-state index contributed by atoms with van der Waals surface area (Å²) in [5.41, 5.74) is -0.521. The number of nitrogens with zero attached hydrogens (tertiary/aromatic N) is 2. The lowest BCUT2D eigenvalue weighted by molar-refractivity contribution is -0.242. The average molecular weight is 573 g/mol. The summed E-state index contributed by atoms with van der Waals surface area (Å²) in [5, 5.41) is 11.6. The molecule has 4 atom stereocenters. The second-order valence-corrected chi connectivity index (χ2v) is 10.1. The number of hydrogen-bond acceptors (Lipinski definition) is 6. The fraction of sp³-hybridized carbons (Fsp3) is 0.423. The highest BCUT2D eigenvalue weighted by Crippen LogP contribution is 2.55. The van der Waals surface area contributed by atoms with E-state index in [4.69, 9.17) is 27.9 Å². The maximum Gasteiger partial charge on any atom is 0.492 e. The van der Waals surface area contributed by atoms with E-state index < -0.39 is 47.2 Å². The van der Waals surface area contributed by atoms with Crippen LogP contribution in [0.4, 0.5) is 17.6 Å². The maximum atomic E-state index is 15.1. The van der Waals surface area contributed by atoms with E-state index in [1.165, 1.54) is 6.07 Å². The predicted molar refractivity (Wildman–Crippen MR) is 128 cm³/mol. The number of carbonyl (C=O) groups is 2. The van der Waals surface area contributed by atoms with E-state index in [0.717, 1.165) is 0 Å². The molecule has 1 aliphatic carbocycles. The van der Waals surface area contributed by atoms with E-state index >= 15 is 4.39 Å². The van der Waals surface area contributed by atoms with Gasteiger partial charge in [0.25, 0.3) is 0 Å². The Hall–Kier alpha value is -2.87. The molecule has 1 aliphatic heterocycles. The third-order valence-corrected chi connectivity index (χ3v) is 7.74. The maximum absolute atomic E-state index is 15.1. The molecule has 0 aromatic heterocycles. The van der Waals surface area contributed by atoms with Gasteiger partial charge in [-0.3, -0.25) is 4.79 Å². The lowest BCUT2D eigenvalue weighted by Gasteiger charge is -2.35. The van der Waals surface area contributed by atoms with Gasteiger partial charge in [0.15, 0.2) is 0 Å². The quantitative estimate of drug-likeness (QED) is 0.306. The molecular formula is C26H22Cl2F4N2O4. The normalized spacial score (nSPS) is 25.7. The largest absolute Gasteiger partial charge is 0.492 e. The minimum absolute atomic E-state index is 0.0615. The zero-order chi connectivity index (χ0) is 27.7. The average Bonchev–Trinajstić information content (AvgIpc) is 3.49. The predicted octanol–water partition coefficient (Wildman–Crippen LogP) is 6.12. The van der Waals surface area contributed by atoms with Gasteiger partial charge in [0.05, 0.1) is 23.1 Å². The molecule has 4 rings (SSSR count). The molecule has 1 saturated heterocycles. The molecule has 202 valence electrons.